The number of aryl methyl sites for hydroxylation is 1. The first-order valence-corrected chi connectivity index (χ1v) is 8.38. The predicted molar refractivity (Wildman–Crippen MR) is 89.8 cm³/mol. The van der Waals surface area contributed by atoms with Gasteiger partial charge in [0.15, 0.2) is 5.91 Å². The molecule has 13 heteroatoms. The van der Waals surface area contributed by atoms with Gasteiger partial charge < -0.3 is 4.90 Å². The van der Waals surface area contributed by atoms with Gasteiger partial charge in [-0.3, -0.25) is 9.78 Å². The number of aromatic nitrogens is 3. The van der Waals surface area contributed by atoms with E-state index < -0.39 is 37.1 Å². The normalized spacial score (nSPS) is 14.4. The number of carbonyl (C=O) groups is 1. The summed E-state index contributed by atoms with van der Waals surface area (Å²) in [6.07, 6.45) is -10.6. The van der Waals surface area contributed by atoms with E-state index in [1.54, 1.807) is 12.1 Å². The number of halogens is 7. The van der Waals surface area contributed by atoms with Gasteiger partial charge in [-0.15, -0.1) is 13.2 Å². The van der Waals surface area contributed by atoms with Crippen molar-refractivity contribution in [3.63, 3.8) is 0 Å². The number of rotatable bonds is 7. The highest BCUT2D eigenvalue weighted by Gasteiger charge is 2.62. The smallest absolute Gasteiger partial charge is 0.462 e. The lowest BCUT2D eigenvalue weighted by Crippen LogP contribution is -2.47. The fraction of sp³-hybridized carbons (Fsp3) is 0.412. The van der Waals surface area contributed by atoms with Gasteiger partial charge >= 0.3 is 18.4 Å². The van der Waals surface area contributed by atoms with Crippen LogP contribution in [-0.4, -0.2) is 39.1 Å². The fourth-order valence-corrected chi connectivity index (χ4v) is 2.55. The number of nitrogens with zero attached hydrogens (tertiary/aromatic N) is 4. The van der Waals surface area contributed by atoms with Gasteiger partial charge in [-0.2, -0.15) is 25.2 Å². The van der Waals surface area contributed by atoms with Crippen molar-refractivity contribution in [1.82, 2.24) is 14.8 Å². The summed E-state index contributed by atoms with van der Waals surface area (Å²) in [6.45, 7) is 4.06. The van der Waals surface area contributed by atoms with E-state index >= 15 is 0 Å². The molecule has 0 aliphatic carbocycles. The standard InChI is InChI=1S/C17H16F7N4O2/c1-3-27(13-10-28(26-11(13)2)12-5-4-8-25-9-12)14(29)6-7-15(18,16(19,20)21)30-17(22,23)24/h3-5,8-10H,6-7H2,1-2H3/q-1. The maximum Gasteiger partial charge on any atom is 0.525 e. The van der Waals surface area contributed by atoms with Crippen LogP contribution in [0.2, 0.25) is 0 Å². The van der Waals surface area contributed by atoms with Gasteiger partial charge in [0.05, 0.1) is 29.5 Å². The molecule has 0 aromatic carbocycles. The molecule has 0 aliphatic heterocycles. The van der Waals surface area contributed by atoms with Crippen LogP contribution in [0.1, 0.15) is 25.5 Å². The number of pyridine rings is 1. The van der Waals surface area contributed by atoms with Gasteiger partial charge in [-0.1, -0.05) is 0 Å². The first kappa shape index (κ1) is 23.6. The molecule has 0 saturated carbocycles. The maximum absolute atomic E-state index is 14.0. The summed E-state index contributed by atoms with van der Waals surface area (Å²) >= 11 is 0. The van der Waals surface area contributed by atoms with Crippen LogP contribution in [0.5, 0.6) is 0 Å². The van der Waals surface area contributed by atoms with Crippen molar-refractivity contribution >= 4 is 11.6 Å². The van der Waals surface area contributed by atoms with E-state index in [1.807, 2.05) is 0 Å². The molecular formula is C17H16F7N4O2-. The molecule has 2 aromatic rings. The van der Waals surface area contributed by atoms with E-state index in [-0.39, 0.29) is 5.69 Å². The summed E-state index contributed by atoms with van der Waals surface area (Å²) in [5.74, 6) is -6.14. The Morgan fingerprint density at radius 1 is 1.23 bits per heavy atom. The number of amides is 1. The Hall–Kier alpha value is -2.70. The fourth-order valence-electron chi connectivity index (χ4n) is 2.55. The lowest BCUT2D eigenvalue weighted by atomic mass is 10.1. The average Bonchev–Trinajstić information content (AvgIpc) is 3.01. The third-order valence-corrected chi connectivity index (χ3v) is 3.93. The van der Waals surface area contributed by atoms with Crippen LogP contribution < -0.4 is 4.90 Å². The van der Waals surface area contributed by atoms with Crippen LogP contribution >= 0.6 is 0 Å². The molecule has 2 aromatic heterocycles. The molecule has 6 nitrogen and oxygen atoms in total. The van der Waals surface area contributed by atoms with Gasteiger partial charge in [0.2, 0.25) is 0 Å². The third kappa shape index (κ3) is 5.46. The highest BCUT2D eigenvalue weighted by molar-refractivity contribution is 5.94. The lowest BCUT2D eigenvalue weighted by Gasteiger charge is -2.32. The molecule has 0 N–H and O–H groups in total. The van der Waals surface area contributed by atoms with Crippen LogP contribution in [-0.2, 0) is 9.53 Å². The number of carbonyl (C=O) groups excluding carboxylic acids is 1. The Morgan fingerprint density at radius 2 is 1.90 bits per heavy atom. The molecule has 1 amide bonds. The molecule has 0 aliphatic rings. The van der Waals surface area contributed by atoms with E-state index in [0.29, 0.717) is 11.4 Å². The minimum atomic E-state index is -6.00. The van der Waals surface area contributed by atoms with Gasteiger partial charge in [-0.05, 0) is 19.1 Å². The Morgan fingerprint density at radius 3 is 2.40 bits per heavy atom. The highest BCUT2D eigenvalue weighted by atomic mass is 19.4. The molecule has 0 bridgehead atoms. The predicted octanol–water partition coefficient (Wildman–Crippen LogP) is 4.64. The second kappa shape index (κ2) is 8.58. The van der Waals surface area contributed by atoms with E-state index in [0.717, 1.165) is 4.90 Å². The van der Waals surface area contributed by atoms with Crippen molar-refractivity contribution in [2.24, 2.45) is 0 Å². The minimum absolute atomic E-state index is 0.152. The van der Waals surface area contributed by atoms with Gasteiger partial charge in [0, 0.05) is 19.0 Å². The van der Waals surface area contributed by atoms with Crippen LogP contribution in [0.25, 0.3) is 5.69 Å². The average molecular weight is 441 g/mol. The number of hydrogen-bond donors (Lipinski definition) is 0. The molecule has 30 heavy (non-hydrogen) atoms. The summed E-state index contributed by atoms with van der Waals surface area (Å²) in [5, 5.41) is 4.16. The second-order valence-corrected chi connectivity index (χ2v) is 6.05. The largest absolute Gasteiger partial charge is 0.525 e. The third-order valence-electron chi connectivity index (χ3n) is 3.93. The highest BCUT2D eigenvalue weighted by Crippen LogP contribution is 2.43. The van der Waals surface area contributed by atoms with Gasteiger partial charge in [0.1, 0.15) is 0 Å². The summed E-state index contributed by atoms with van der Waals surface area (Å²) in [5.41, 5.74) is 0.965. The Balaban J connectivity index is 2.21. The molecule has 166 valence electrons. The van der Waals surface area contributed by atoms with Gasteiger partial charge in [-0.25, -0.2) is 20.4 Å². The number of hydrogen-bond acceptors (Lipinski definition) is 4. The molecule has 2 rings (SSSR count). The first-order valence-electron chi connectivity index (χ1n) is 8.38. The Kier molecular flexibility index (Phi) is 6.74. The SMILES string of the molecule is C[CH-]N(C(=O)CCC(F)(OC(F)(F)F)C(F)(F)F)c1cn(-c2cccnc2)nc1C. The van der Waals surface area contributed by atoms with Crippen molar-refractivity contribution < 1.29 is 40.3 Å². The molecular weight excluding hydrogens is 425 g/mol. The number of anilines is 1. The van der Waals surface area contributed by atoms with Crippen LogP contribution in [0.15, 0.2) is 30.7 Å². The minimum Gasteiger partial charge on any atom is -0.462 e. The lowest BCUT2D eigenvalue weighted by molar-refractivity contribution is -0.448. The monoisotopic (exact) mass is 441 g/mol. The van der Waals surface area contributed by atoms with Gasteiger partial charge in [0.25, 0.3) is 0 Å². The molecule has 2 heterocycles. The zero-order valence-electron chi connectivity index (χ0n) is 15.6. The van der Waals surface area contributed by atoms with Crippen molar-refractivity contribution in [3.8, 4) is 5.69 Å². The summed E-state index contributed by atoms with van der Waals surface area (Å²) in [4.78, 5) is 17.2. The van der Waals surface area contributed by atoms with E-state index in [2.05, 4.69) is 14.8 Å². The van der Waals surface area contributed by atoms with Crippen LogP contribution in [0.3, 0.4) is 0 Å². The maximum atomic E-state index is 14.0. The van der Waals surface area contributed by atoms with Crippen molar-refractivity contribution in [2.45, 2.75) is 45.1 Å². The van der Waals surface area contributed by atoms with Crippen LogP contribution in [0.4, 0.5) is 36.4 Å². The van der Waals surface area contributed by atoms with Crippen LogP contribution in [0, 0.1) is 13.5 Å². The zero-order chi connectivity index (χ0) is 22.7. The summed E-state index contributed by atoms with van der Waals surface area (Å²) in [7, 11) is 0. The summed E-state index contributed by atoms with van der Waals surface area (Å²) < 4.78 is 93.0. The number of ether oxygens (including phenoxy) is 1. The molecule has 0 radical (unpaired) electrons. The molecule has 0 spiro atoms. The van der Waals surface area contributed by atoms with Crippen molar-refractivity contribution in [2.75, 3.05) is 4.90 Å². The van der Waals surface area contributed by atoms with E-state index in [9.17, 15) is 35.5 Å². The Labute approximate surface area is 166 Å². The second-order valence-electron chi connectivity index (χ2n) is 6.05. The molecule has 1 unspecified atom stereocenters. The topological polar surface area (TPSA) is 60.2 Å². The molecule has 1 atom stereocenters. The first-order chi connectivity index (χ1) is 13.8. The van der Waals surface area contributed by atoms with Crippen molar-refractivity contribution in [3.05, 3.63) is 43.0 Å². The van der Waals surface area contributed by atoms with Crippen molar-refractivity contribution in [1.29, 1.82) is 0 Å². The molecule has 0 saturated heterocycles. The number of alkyl halides is 7. The zero-order valence-corrected chi connectivity index (χ0v) is 15.6. The van der Waals surface area contributed by atoms with E-state index in [4.69, 9.17) is 0 Å². The molecule has 0 fully saturated rings. The van der Waals surface area contributed by atoms with E-state index in [1.165, 1.54) is 43.7 Å². The quantitative estimate of drug-likeness (QED) is 0.464. The summed E-state index contributed by atoms with van der Waals surface area (Å²) in [6, 6.07) is 3.28. The Bertz CT molecular complexity index is 867.